The van der Waals surface area contributed by atoms with Crippen LogP contribution in [0.2, 0.25) is 0 Å². The average Bonchev–Trinajstić information content (AvgIpc) is 3.14. The number of urea groups is 1. The number of amides is 3. The van der Waals surface area contributed by atoms with E-state index in [0.29, 0.717) is 19.4 Å². The van der Waals surface area contributed by atoms with Crippen LogP contribution in [-0.4, -0.2) is 65.5 Å². The fourth-order valence-corrected chi connectivity index (χ4v) is 5.93. The molecule has 3 aromatic rings. The van der Waals surface area contributed by atoms with E-state index >= 15 is 0 Å². The number of methoxy groups -OCH3 is 1. The molecule has 3 aromatic carbocycles. The summed E-state index contributed by atoms with van der Waals surface area (Å²) in [5, 5.41) is 0. The van der Waals surface area contributed by atoms with Crippen LogP contribution in [-0.2, 0) is 11.3 Å². The van der Waals surface area contributed by atoms with E-state index in [1.807, 2.05) is 31.2 Å². The maximum atomic E-state index is 13.8. The van der Waals surface area contributed by atoms with Gasteiger partial charge in [-0.25, -0.2) is 4.79 Å². The van der Waals surface area contributed by atoms with Gasteiger partial charge in [-0.1, -0.05) is 72.8 Å². The molecule has 2 aliphatic heterocycles. The van der Waals surface area contributed by atoms with E-state index in [4.69, 9.17) is 4.74 Å². The summed E-state index contributed by atoms with van der Waals surface area (Å²) >= 11 is 0. The van der Waals surface area contributed by atoms with Crippen molar-refractivity contribution in [1.82, 2.24) is 14.7 Å². The largest absolute Gasteiger partial charge is 0.497 e. The molecule has 37 heavy (non-hydrogen) atoms. The summed E-state index contributed by atoms with van der Waals surface area (Å²) in [5.41, 5.74) is 2.72. The van der Waals surface area contributed by atoms with Crippen LogP contribution < -0.4 is 4.74 Å². The number of nitrogens with zero attached hydrogens (tertiary/aromatic N) is 3. The third-order valence-corrected chi connectivity index (χ3v) is 7.94. The highest BCUT2D eigenvalue weighted by atomic mass is 16.5. The lowest BCUT2D eigenvalue weighted by Crippen LogP contribution is -2.56. The van der Waals surface area contributed by atoms with Crippen LogP contribution in [0.15, 0.2) is 84.9 Å². The zero-order valence-corrected chi connectivity index (χ0v) is 21.7. The van der Waals surface area contributed by atoms with Crippen LogP contribution >= 0.6 is 0 Å². The Hall–Kier alpha value is -3.64. The highest BCUT2D eigenvalue weighted by Gasteiger charge is 2.57. The highest BCUT2D eigenvalue weighted by molar-refractivity contribution is 6.07. The van der Waals surface area contributed by atoms with Crippen molar-refractivity contribution in [2.45, 2.75) is 37.8 Å². The third kappa shape index (κ3) is 4.86. The second kappa shape index (κ2) is 10.8. The van der Waals surface area contributed by atoms with Crippen LogP contribution in [0.3, 0.4) is 0 Å². The minimum atomic E-state index is -0.754. The number of likely N-dealkylation sites (tertiary alicyclic amines) is 1. The van der Waals surface area contributed by atoms with Crippen LogP contribution in [0.1, 0.15) is 42.4 Å². The molecule has 0 atom stereocenters. The minimum absolute atomic E-state index is 0.0653. The molecule has 2 aliphatic rings. The van der Waals surface area contributed by atoms with Gasteiger partial charge in [-0.2, -0.15) is 0 Å². The highest BCUT2D eigenvalue weighted by Crippen LogP contribution is 2.39. The van der Waals surface area contributed by atoms with Gasteiger partial charge in [0, 0.05) is 32.1 Å². The first-order chi connectivity index (χ1) is 18.1. The number of benzene rings is 3. The number of imide groups is 1. The number of piperidine rings is 1. The monoisotopic (exact) mass is 497 g/mol. The number of carbonyl (C=O) groups excluding carboxylic acids is 2. The first kappa shape index (κ1) is 25.0. The zero-order valence-electron chi connectivity index (χ0n) is 21.7. The number of carbonyl (C=O) groups is 2. The number of rotatable bonds is 8. The molecule has 0 N–H and O–H groups in total. The first-order valence-electron chi connectivity index (χ1n) is 13.1. The lowest BCUT2D eigenvalue weighted by atomic mass is 9.84. The SMILES string of the molecule is CCN1C(=O)N(Cc2cccc(OC)c2)C(=O)C12CCN(CC(c1ccccc1)c1ccccc1)CC2. The van der Waals surface area contributed by atoms with Crippen LogP contribution in [0.4, 0.5) is 4.79 Å². The molecule has 0 aliphatic carbocycles. The second-order valence-electron chi connectivity index (χ2n) is 9.98. The molecule has 0 unspecified atom stereocenters. The Morgan fingerprint density at radius 1 is 0.865 bits per heavy atom. The molecule has 0 bridgehead atoms. The van der Waals surface area contributed by atoms with Gasteiger partial charge in [-0.05, 0) is 48.6 Å². The molecule has 2 saturated heterocycles. The molecule has 0 radical (unpaired) electrons. The number of ether oxygens (including phenoxy) is 1. The zero-order chi connectivity index (χ0) is 25.8. The molecule has 2 heterocycles. The van der Waals surface area contributed by atoms with Gasteiger partial charge >= 0.3 is 6.03 Å². The Kier molecular flexibility index (Phi) is 7.28. The van der Waals surface area contributed by atoms with Crippen molar-refractivity contribution in [2.75, 3.05) is 33.3 Å². The smallest absolute Gasteiger partial charge is 0.327 e. The van der Waals surface area contributed by atoms with Gasteiger partial charge in [0.15, 0.2) is 0 Å². The van der Waals surface area contributed by atoms with E-state index in [-0.39, 0.29) is 24.4 Å². The van der Waals surface area contributed by atoms with E-state index in [1.54, 1.807) is 12.0 Å². The minimum Gasteiger partial charge on any atom is -0.497 e. The third-order valence-electron chi connectivity index (χ3n) is 7.94. The van der Waals surface area contributed by atoms with Crippen molar-refractivity contribution < 1.29 is 14.3 Å². The summed E-state index contributed by atoms with van der Waals surface area (Å²) in [7, 11) is 1.62. The molecule has 2 fully saturated rings. The Bertz CT molecular complexity index is 1180. The maximum absolute atomic E-state index is 13.8. The number of hydrogen-bond donors (Lipinski definition) is 0. The van der Waals surface area contributed by atoms with Gasteiger partial charge in [0.1, 0.15) is 11.3 Å². The van der Waals surface area contributed by atoms with Crippen molar-refractivity contribution in [3.8, 4) is 5.75 Å². The van der Waals surface area contributed by atoms with Gasteiger partial charge in [0.05, 0.1) is 13.7 Å². The number of hydrogen-bond acceptors (Lipinski definition) is 4. The van der Waals surface area contributed by atoms with E-state index in [0.717, 1.165) is 30.9 Å². The lowest BCUT2D eigenvalue weighted by Gasteiger charge is -2.42. The van der Waals surface area contributed by atoms with Crippen molar-refractivity contribution in [3.05, 3.63) is 102 Å². The quantitative estimate of drug-likeness (QED) is 0.404. The molecule has 5 rings (SSSR count). The summed E-state index contributed by atoms with van der Waals surface area (Å²) in [5.74, 6) is 0.909. The predicted molar refractivity (Wildman–Crippen MR) is 144 cm³/mol. The molecule has 192 valence electrons. The molecule has 0 saturated carbocycles. The standard InChI is InChI=1S/C31H35N3O3/c1-3-34-30(36)33(22-24-11-10-16-27(21-24)37-2)29(35)31(34)17-19-32(20-18-31)23-28(25-12-6-4-7-13-25)26-14-8-5-9-15-26/h4-16,21,28H,3,17-20,22-23H2,1-2H3. The topological polar surface area (TPSA) is 53.1 Å². The molecule has 6 nitrogen and oxygen atoms in total. The van der Waals surface area contributed by atoms with Crippen LogP contribution in [0.25, 0.3) is 0 Å². The Labute approximate surface area is 219 Å². The fourth-order valence-electron chi connectivity index (χ4n) is 5.93. The Morgan fingerprint density at radius 3 is 2.05 bits per heavy atom. The lowest BCUT2D eigenvalue weighted by molar-refractivity contribution is -0.136. The molecule has 3 amide bonds. The Morgan fingerprint density at radius 2 is 1.49 bits per heavy atom. The van der Waals surface area contributed by atoms with Crippen molar-refractivity contribution in [1.29, 1.82) is 0 Å². The summed E-state index contributed by atoms with van der Waals surface area (Å²) in [6.07, 6.45) is 1.30. The molecular formula is C31H35N3O3. The molecular weight excluding hydrogens is 462 g/mol. The van der Waals surface area contributed by atoms with Crippen molar-refractivity contribution in [3.63, 3.8) is 0 Å². The Balaban J connectivity index is 1.32. The summed E-state index contributed by atoms with van der Waals surface area (Å²) in [4.78, 5) is 32.9. The molecule has 6 heteroatoms. The van der Waals surface area contributed by atoms with Crippen molar-refractivity contribution >= 4 is 11.9 Å². The van der Waals surface area contributed by atoms with Gasteiger partial charge in [0.25, 0.3) is 5.91 Å². The summed E-state index contributed by atoms with van der Waals surface area (Å²) < 4.78 is 5.33. The first-order valence-corrected chi connectivity index (χ1v) is 13.1. The maximum Gasteiger partial charge on any atom is 0.327 e. The van der Waals surface area contributed by atoms with E-state index in [2.05, 4.69) is 65.6 Å². The predicted octanol–water partition coefficient (Wildman–Crippen LogP) is 5.15. The summed E-state index contributed by atoms with van der Waals surface area (Å²) in [6.45, 7) is 5.19. The van der Waals surface area contributed by atoms with Crippen molar-refractivity contribution in [2.24, 2.45) is 0 Å². The van der Waals surface area contributed by atoms with E-state index in [9.17, 15) is 9.59 Å². The van der Waals surface area contributed by atoms with E-state index < -0.39 is 5.54 Å². The summed E-state index contributed by atoms with van der Waals surface area (Å²) in [6, 6.07) is 28.6. The van der Waals surface area contributed by atoms with Gasteiger partial charge in [-0.3, -0.25) is 9.69 Å². The van der Waals surface area contributed by atoms with Crippen LogP contribution in [0.5, 0.6) is 5.75 Å². The average molecular weight is 498 g/mol. The van der Waals surface area contributed by atoms with Gasteiger partial charge in [0.2, 0.25) is 0 Å². The molecule has 0 aromatic heterocycles. The second-order valence-corrected chi connectivity index (χ2v) is 9.98. The molecule has 1 spiro atoms. The van der Waals surface area contributed by atoms with Gasteiger partial charge in [-0.15, -0.1) is 0 Å². The van der Waals surface area contributed by atoms with Gasteiger partial charge < -0.3 is 14.5 Å². The fraction of sp³-hybridized carbons (Fsp3) is 0.355. The van der Waals surface area contributed by atoms with E-state index in [1.165, 1.54) is 16.0 Å². The normalized spacial score (nSPS) is 17.7. The number of likely N-dealkylation sites (N-methyl/N-ethyl adjacent to an activating group) is 1. The van der Waals surface area contributed by atoms with Crippen LogP contribution in [0, 0.1) is 0 Å².